The van der Waals surface area contributed by atoms with Crippen LogP contribution in [0.1, 0.15) is 56.9 Å². The zero-order valence-corrected chi connectivity index (χ0v) is 17.1. The Morgan fingerprint density at radius 1 is 1.10 bits per heavy atom. The molecule has 2 amide bonds. The topological polar surface area (TPSA) is 100 Å². The van der Waals surface area contributed by atoms with Crippen molar-refractivity contribution in [3.8, 4) is 0 Å². The number of carbonyl (C=O) groups is 2. The van der Waals surface area contributed by atoms with Crippen LogP contribution < -0.4 is 16.4 Å². The highest BCUT2D eigenvalue weighted by Gasteiger charge is 2.38. The minimum atomic E-state index is 0.0539. The van der Waals surface area contributed by atoms with Crippen molar-refractivity contribution in [2.24, 2.45) is 11.8 Å². The molecule has 4 N–H and O–H groups in total. The van der Waals surface area contributed by atoms with Crippen LogP contribution >= 0.6 is 0 Å². The number of hydrogen-bond donors (Lipinski definition) is 3. The first kappa shape index (κ1) is 20.1. The number of nitrogens with one attached hydrogen (secondary N) is 2. The van der Waals surface area contributed by atoms with Gasteiger partial charge in [-0.25, -0.2) is 4.98 Å². The Bertz CT molecular complexity index is 732. The number of hydrogen-bond acceptors (Lipinski definition) is 5. The van der Waals surface area contributed by atoms with E-state index < -0.39 is 0 Å². The van der Waals surface area contributed by atoms with Crippen molar-refractivity contribution in [1.82, 2.24) is 20.5 Å². The molecule has 0 bridgehead atoms. The van der Waals surface area contributed by atoms with Crippen molar-refractivity contribution in [1.29, 1.82) is 0 Å². The Labute approximate surface area is 172 Å². The highest BCUT2D eigenvalue weighted by Crippen LogP contribution is 2.35. The second kappa shape index (κ2) is 9.11. The molecule has 0 unspecified atom stereocenters. The highest BCUT2D eigenvalue weighted by atomic mass is 16.2. The fraction of sp³-hybridized carbons (Fsp3) is 0.682. The van der Waals surface area contributed by atoms with Gasteiger partial charge in [0.1, 0.15) is 5.82 Å². The molecule has 1 aromatic heterocycles. The highest BCUT2D eigenvalue weighted by molar-refractivity contribution is 5.79. The Morgan fingerprint density at radius 2 is 1.90 bits per heavy atom. The van der Waals surface area contributed by atoms with E-state index in [-0.39, 0.29) is 23.8 Å². The number of amides is 2. The van der Waals surface area contributed by atoms with Crippen LogP contribution in [0, 0.1) is 11.8 Å². The van der Waals surface area contributed by atoms with Gasteiger partial charge in [0.15, 0.2) is 0 Å². The van der Waals surface area contributed by atoms with E-state index in [2.05, 4.69) is 20.5 Å². The van der Waals surface area contributed by atoms with Crippen LogP contribution in [0.2, 0.25) is 0 Å². The van der Waals surface area contributed by atoms with E-state index in [1.54, 1.807) is 6.20 Å². The molecule has 2 atom stereocenters. The first-order valence-corrected chi connectivity index (χ1v) is 11.1. The summed E-state index contributed by atoms with van der Waals surface area (Å²) in [6.07, 6.45) is 10.0. The van der Waals surface area contributed by atoms with Crippen LogP contribution in [0.25, 0.3) is 0 Å². The summed E-state index contributed by atoms with van der Waals surface area (Å²) in [6.45, 7) is 2.18. The number of carbonyl (C=O) groups excluding carboxylic acids is 2. The third kappa shape index (κ3) is 5.26. The molecule has 1 aromatic rings. The molecule has 3 fully saturated rings. The van der Waals surface area contributed by atoms with Crippen molar-refractivity contribution in [2.75, 3.05) is 18.8 Å². The largest absolute Gasteiger partial charge is 0.383 e. The molecule has 7 nitrogen and oxygen atoms in total. The van der Waals surface area contributed by atoms with Crippen molar-refractivity contribution in [3.05, 3.63) is 23.9 Å². The fourth-order valence-electron chi connectivity index (χ4n) is 4.46. The monoisotopic (exact) mass is 399 g/mol. The van der Waals surface area contributed by atoms with E-state index in [1.165, 1.54) is 19.3 Å². The summed E-state index contributed by atoms with van der Waals surface area (Å²) in [4.78, 5) is 31.4. The van der Waals surface area contributed by atoms with Crippen molar-refractivity contribution >= 4 is 17.6 Å². The lowest BCUT2D eigenvalue weighted by molar-refractivity contribution is -0.127. The van der Waals surface area contributed by atoms with Gasteiger partial charge in [0, 0.05) is 55.8 Å². The molecular formula is C22H33N5O2. The zero-order chi connectivity index (χ0) is 20.2. The first-order valence-electron chi connectivity index (χ1n) is 11.1. The van der Waals surface area contributed by atoms with E-state index in [4.69, 9.17) is 5.73 Å². The van der Waals surface area contributed by atoms with E-state index in [1.807, 2.05) is 12.1 Å². The minimum Gasteiger partial charge on any atom is -0.383 e. The van der Waals surface area contributed by atoms with Crippen LogP contribution in [0.3, 0.4) is 0 Å². The van der Waals surface area contributed by atoms with Gasteiger partial charge in [-0.3, -0.25) is 14.5 Å². The quantitative estimate of drug-likeness (QED) is 0.588. The van der Waals surface area contributed by atoms with Crippen LogP contribution in [-0.4, -0.2) is 46.9 Å². The lowest BCUT2D eigenvalue weighted by atomic mass is 9.85. The predicted octanol–water partition coefficient (Wildman–Crippen LogP) is 1.83. The molecule has 7 heteroatoms. The summed E-state index contributed by atoms with van der Waals surface area (Å²) >= 11 is 0. The number of nitrogens with two attached hydrogens (primary N) is 1. The molecule has 3 aliphatic rings. The molecular weight excluding hydrogens is 366 g/mol. The van der Waals surface area contributed by atoms with Gasteiger partial charge in [0.2, 0.25) is 11.8 Å². The van der Waals surface area contributed by atoms with Crippen molar-refractivity contribution < 1.29 is 9.59 Å². The van der Waals surface area contributed by atoms with Gasteiger partial charge in [-0.2, -0.15) is 0 Å². The maximum absolute atomic E-state index is 12.6. The summed E-state index contributed by atoms with van der Waals surface area (Å²) in [5.74, 6) is 1.73. The molecule has 29 heavy (non-hydrogen) atoms. The number of anilines is 1. The zero-order valence-electron chi connectivity index (χ0n) is 17.1. The Morgan fingerprint density at radius 3 is 2.59 bits per heavy atom. The molecule has 0 aromatic carbocycles. The lowest BCUT2D eigenvalue weighted by Gasteiger charge is -2.31. The summed E-state index contributed by atoms with van der Waals surface area (Å²) in [7, 11) is 0. The number of aromatic nitrogens is 1. The number of nitrogen functional groups attached to an aromatic ring is 1. The Kier molecular flexibility index (Phi) is 6.33. The van der Waals surface area contributed by atoms with E-state index in [0.29, 0.717) is 31.4 Å². The molecule has 2 heterocycles. The van der Waals surface area contributed by atoms with E-state index >= 15 is 0 Å². The Hall–Kier alpha value is -2.15. The van der Waals surface area contributed by atoms with Crippen LogP contribution in [0.15, 0.2) is 18.3 Å². The second-order valence-corrected chi connectivity index (χ2v) is 8.93. The van der Waals surface area contributed by atoms with Crippen molar-refractivity contribution in [2.45, 2.75) is 70.0 Å². The maximum atomic E-state index is 12.6. The maximum Gasteiger partial charge on any atom is 0.223 e. The van der Waals surface area contributed by atoms with Gasteiger partial charge in [-0.1, -0.05) is 12.5 Å². The van der Waals surface area contributed by atoms with Crippen LogP contribution in [-0.2, 0) is 16.1 Å². The summed E-state index contributed by atoms with van der Waals surface area (Å²) in [6, 6.07) is 4.33. The molecule has 2 saturated carbocycles. The number of likely N-dealkylation sites (tertiary alicyclic amines) is 1. The molecule has 158 valence electrons. The van der Waals surface area contributed by atoms with E-state index in [0.717, 1.165) is 43.7 Å². The smallest absolute Gasteiger partial charge is 0.223 e. The lowest BCUT2D eigenvalue weighted by Crippen LogP contribution is -2.47. The van der Waals surface area contributed by atoms with E-state index in [9.17, 15) is 9.59 Å². The first-order chi connectivity index (χ1) is 14.1. The van der Waals surface area contributed by atoms with Gasteiger partial charge in [0.05, 0.1) is 0 Å². The number of rotatable bonds is 9. The average Bonchev–Trinajstić information content (AvgIpc) is 3.40. The molecule has 4 rings (SSSR count). The third-order valence-corrected chi connectivity index (χ3v) is 6.75. The molecule has 1 aliphatic heterocycles. The standard InChI is InChI=1S/C22H33N5O2/c23-21-17(5-2-10-24-21)12-25-20(28)11-18-8-9-19(27(18)14-15-6-7-15)13-26-22(29)16-3-1-4-16/h2,5,10,15-16,18-19H,1,3-4,6-9,11-14H2,(H2,23,24)(H,25,28)(H,26,29)/t18-,19+/m1/s1. The predicted molar refractivity (Wildman–Crippen MR) is 112 cm³/mol. The van der Waals surface area contributed by atoms with Gasteiger partial charge >= 0.3 is 0 Å². The summed E-state index contributed by atoms with van der Waals surface area (Å²) in [5, 5.41) is 6.17. The number of pyridine rings is 1. The second-order valence-electron chi connectivity index (χ2n) is 8.93. The Balaban J connectivity index is 1.28. The molecule has 1 saturated heterocycles. The summed E-state index contributed by atoms with van der Waals surface area (Å²) in [5.41, 5.74) is 6.71. The SMILES string of the molecule is Nc1ncccc1CNC(=O)C[C@H]1CC[C@@H](CNC(=O)C2CCC2)N1CC1CC1. The molecule has 0 radical (unpaired) electrons. The van der Waals surface area contributed by atoms with Crippen LogP contribution in [0.5, 0.6) is 0 Å². The third-order valence-electron chi connectivity index (χ3n) is 6.75. The fourth-order valence-corrected chi connectivity index (χ4v) is 4.46. The van der Waals surface area contributed by atoms with Gasteiger partial charge < -0.3 is 16.4 Å². The van der Waals surface area contributed by atoms with Crippen molar-refractivity contribution in [3.63, 3.8) is 0 Å². The molecule has 0 spiro atoms. The van der Waals surface area contributed by atoms with Gasteiger partial charge in [0.25, 0.3) is 0 Å². The van der Waals surface area contributed by atoms with Gasteiger partial charge in [-0.15, -0.1) is 0 Å². The van der Waals surface area contributed by atoms with Crippen LogP contribution in [0.4, 0.5) is 5.82 Å². The average molecular weight is 400 g/mol. The number of nitrogens with zero attached hydrogens (tertiary/aromatic N) is 2. The van der Waals surface area contributed by atoms with Gasteiger partial charge in [-0.05, 0) is 50.5 Å². The summed E-state index contributed by atoms with van der Waals surface area (Å²) < 4.78 is 0. The minimum absolute atomic E-state index is 0.0539. The normalized spacial score (nSPS) is 24.8. The molecule has 2 aliphatic carbocycles.